The van der Waals surface area contributed by atoms with E-state index in [1.165, 1.54) is 39.0 Å². The third kappa shape index (κ3) is 10.9. The third-order valence-electron chi connectivity index (χ3n) is 2.07. The summed E-state index contributed by atoms with van der Waals surface area (Å²) in [5.74, 6) is 0.521. The minimum absolute atomic E-state index is 0.169. The van der Waals surface area contributed by atoms with Gasteiger partial charge >= 0.3 is 15.1 Å². The van der Waals surface area contributed by atoms with Crippen molar-refractivity contribution in [3.63, 3.8) is 0 Å². The maximum Gasteiger partial charge on any atom is 1.20 e. The Labute approximate surface area is 135 Å². The largest absolute Gasteiger partial charge is 1.20 e. The molecule has 0 saturated heterocycles. The number of ketones is 3. The number of rotatable bonds is 9. The topological polar surface area (TPSA) is 78.9 Å². The van der Waals surface area contributed by atoms with Crippen LogP contribution in [0.4, 0.5) is 0 Å². The lowest BCUT2D eigenvalue weighted by Crippen LogP contribution is -2.26. The van der Waals surface area contributed by atoms with Crippen LogP contribution in [-0.2, 0) is 25.7 Å². The predicted octanol–water partition coefficient (Wildman–Crippen LogP) is 2.50. The van der Waals surface area contributed by atoms with Crippen molar-refractivity contribution >= 4 is 32.5 Å². The summed E-state index contributed by atoms with van der Waals surface area (Å²) in [6.45, 7) is 8.99. The Morgan fingerprint density at radius 1 is 0.591 bits per heavy atom. The summed E-state index contributed by atoms with van der Waals surface area (Å²) in [4.78, 5) is 33.1. The maximum atomic E-state index is 11.0. The van der Waals surface area contributed by atoms with Gasteiger partial charge < -0.3 is 11.4 Å². The van der Waals surface area contributed by atoms with Gasteiger partial charge in [0, 0.05) is 18.2 Å². The van der Waals surface area contributed by atoms with Crippen molar-refractivity contribution in [1.29, 1.82) is 0 Å². The average Bonchev–Trinajstić information content (AvgIpc) is 2.23. The monoisotopic (exact) mass is 324 g/mol. The number of hydrogen-bond donors (Lipinski definition) is 0. The predicted molar refractivity (Wildman–Crippen MR) is 82.3 cm³/mol. The van der Waals surface area contributed by atoms with Gasteiger partial charge in [0.05, 0.1) is 17.3 Å². The molecule has 0 bridgehead atoms. The SMILES string of the molecule is CC(=O)/C=C(/C)[O][Al]([O]/C(C)=C\C(C)=O)[O]/C(C)=C/C(C)=O. The second-order valence-electron chi connectivity index (χ2n) is 4.74. The summed E-state index contributed by atoms with van der Waals surface area (Å²) in [7, 11) is 0. The summed E-state index contributed by atoms with van der Waals surface area (Å²) >= 11 is -2.75. The molecule has 120 valence electrons. The minimum atomic E-state index is -2.75. The van der Waals surface area contributed by atoms with Gasteiger partial charge in [-0.25, -0.2) is 0 Å². The van der Waals surface area contributed by atoms with Gasteiger partial charge in [0.1, 0.15) is 0 Å². The van der Waals surface area contributed by atoms with Gasteiger partial charge in [0.15, 0.2) is 17.3 Å². The summed E-state index contributed by atoms with van der Waals surface area (Å²) in [5.41, 5.74) is 0. The van der Waals surface area contributed by atoms with E-state index in [2.05, 4.69) is 0 Å². The first kappa shape index (κ1) is 20.2. The first-order valence-corrected chi connectivity index (χ1v) is 8.08. The van der Waals surface area contributed by atoms with E-state index in [0.717, 1.165) is 0 Å². The first-order valence-electron chi connectivity index (χ1n) is 6.66. The molecular formula is C15H21AlO6. The third-order valence-corrected chi connectivity index (χ3v) is 3.76. The molecule has 0 atom stereocenters. The Balaban J connectivity index is 5.10. The van der Waals surface area contributed by atoms with E-state index in [9.17, 15) is 14.4 Å². The van der Waals surface area contributed by atoms with Gasteiger partial charge in [0.2, 0.25) is 0 Å². The second kappa shape index (κ2) is 9.98. The van der Waals surface area contributed by atoms with Crippen LogP contribution in [0.25, 0.3) is 0 Å². The van der Waals surface area contributed by atoms with Gasteiger partial charge in [-0.05, 0) is 41.5 Å². The lowest BCUT2D eigenvalue weighted by Gasteiger charge is -2.16. The Morgan fingerprint density at radius 2 is 0.818 bits per heavy atom. The molecule has 0 aliphatic heterocycles. The zero-order valence-electron chi connectivity index (χ0n) is 13.8. The van der Waals surface area contributed by atoms with E-state index < -0.39 is 15.1 Å². The van der Waals surface area contributed by atoms with E-state index >= 15 is 0 Å². The van der Waals surface area contributed by atoms with E-state index in [0.29, 0.717) is 17.3 Å². The van der Waals surface area contributed by atoms with Crippen LogP contribution in [0.3, 0.4) is 0 Å². The Bertz CT molecular complexity index is 454. The fraction of sp³-hybridized carbons (Fsp3) is 0.400. The average molecular weight is 324 g/mol. The summed E-state index contributed by atoms with van der Waals surface area (Å²) in [6, 6.07) is 0. The van der Waals surface area contributed by atoms with Crippen LogP contribution in [0.15, 0.2) is 35.5 Å². The van der Waals surface area contributed by atoms with E-state index in [1.807, 2.05) is 0 Å². The highest BCUT2D eigenvalue weighted by Gasteiger charge is 2.44. The van der Waals surface area contributed by atoms with Crippen molar-refractivity contribution in [3.8, 4) is 0 Å². The molecular weight excluding hydrogens is 303 g/mol. The number of allylic oxidation sites excluding steroid dienone is 6. The second-order valence-corrected chi connectivity index (χ2v) is 6.02. The molecule has 0 aliphatic carbocycles. The Morgan fingerprint density at radius 3 is 1.00 bits per heavy atom. The molecule has 0 aromatic carbocycles. The molecule has 0 N–H and O–H groups in total. The van der Waals surface area contributed by atoms with Gasteiger partial charge in [-0.2, -0.15) is 0 Å². The van der Waals surface area contributed by atoms with Crippen molar-refractivity contribution in [2.75, 3.05) is 0 Å². The number of carbonyl (C=O) groups excluding carboxylic acids is 3. The molecule has 0 heterocycles. The highest BCUT2D eigenvalue weighted by atomic mass is 27.3. The van der Waals surface area contributed by atoms with Gasteiger partial charge in [-0.15, -0.1) is 0 Å². The van der Waals surface area contributed by atoms with Crippen LogP contribution in [0.2, 0.25) is 0 Å². The van der Waals surface area contributed by atoms with Crippen LogP contribution in [0.1, 0.15) is 41.5 Å². The quantitative estimate of drug-likeness (QED) is 0.368. The lowest BCUT2D eigenvalue weighted by molar-refractivity contribution is -0.113. The molecule has 0 aromatic heterocycles. The zero-order valence-corrected chi connectivity index (χ0v) is 14.9. The summed E-state index contributed by atoms with van der Waals surface area (Å²) in [5, 5.41) is 0. The fourth-order valence-corrected chi connectivity index (χ4v) is 2.75. The lowest BCUT2D eigenvalue weighted by atomic mass is 10.4. The van der Waals surface area contributed by atoms with Crippen molar-refractivity contribution in [2.24, 2.45) is 0 Å². The number of hydrogen-bond acceptors (Lipinski definition) is 6. The summed E-state index contributed by atoms with van der Waals surface area (Å²) in [6.07, 6.45) is 3.92. The van der Waals surface area contributed by atoms with Crippen molar-refractivity contribution in [3.05, 3.63) is 35.5 Å². The Hall–Kier alpha value is -1.84. The zero-order chi connectivity index (χ0) is 17.3. The van der Waals surface area contributed by atoms with Crippen molar-refractivity contribution in [2.45, 2.75) is 41.5 Å². The molecule has 0 aliphatic rings. The molecule has 0 amide bonds. The molecule has 0 rings (SSSR count). The number of carbonyl (C=O) groups is 3. The molecule has 0 unspecified atom stereocenters. The van der Waals surface area contributed by atoms with Crippen LogP contribution < -0.4 is 0 Å². The summed E-state index contributed by atoms with van der Waals surface area (Å²) < 4.78 is 16.5. The molecule has 0 radical (unpaired) electrons. The van der Waals surface area contributed by atoms with Crippen LogP contribution in [0, 0.1) is 0 Å². The molecule has 0 spiro atoms. The van der Waals surface area contributed by atoms with Gasteiger partial charge in [0.25, 0.3) is 0 Å². The van der Waals surface area contributed by atoms with E-state index in [1.54, 1.807) is 20.8 Å². The molecule has 6 nitrogen and oxygen atoms in total. The minimum Gasteiger partial charge on any atom is -0.580 e. The highest BCUT2D eigenvalue weighted by molar-refractivity contribution is 6.37. The van der Waals surface area contributed by atoms with Crippen LogP contribution in [0.5, 0.6) is 0 Å². The van der Waals surface area contributed by atoms with Crippen LogP contribution >= 0.6 is 0 Å². The highest BCUT2D eigenvalue weighted by Crippen LogP contribution is 2.11. The normalized spacial score (nSPS) is 12.5. The molecule has 0 saturated carbocycles. The van der Waals surface area contributed by atoms with Crippen molar-refractivity contribution < 1.29 is 25.7 Å². The smallest absolute Gasteiger partial charge is 0.580 e. The van der Waals surface area contributed by atoms with Crippen LogP contribution in [-0.4, -0.2) is 32.5 Å². The van der Waals surface area contributed by atoms with Crippen molar-refractivity contribution in [1.82, 2.24) is 0 Å². The van der Waals surface area contributed by atoms with Gasteiger partial charge in [-0.3, -0.25) is 14.4 Å². The molecule has 7 heteroatoms. The van der Waals surface area contributed by atoms with E-state index in [-0.39, 0.29) is 17.3 Å². The first-order chi connectivity index (χ1) is 10.1. The molecule has 0 aromatic rings. The molecule has 0 fully saturated rings. The molecule has 22 heavy (non-hydrogen) atoms. The van der Waals surface area contributed by atoms with E-state index in [4.69, 9.17) is 11.4 Å². The fourth-order valence-electron chi connectivity index (χ4n) is 1.49. The standard InChI is InChI=1S/3C5H8O2.Al/c3*1-4(6)3-5(2)7;/h3*3,6H,1-2H3;/q;;;+3/p-3/b4-3+;2*4-3-;. The maximum absolute atomic E-state index is 11.0. The van der Waals surface area contributed by atoms with Gasteiger partial charge in [-0.1, -0.05) is 0 Å². The Kier molecular flexibility index (Phi) is 9.15.